The molecule has 0 atom stereocenters. The first kappa shape index (κ1) is 12.9. The van der Waals surface area contributed by atoms with Crippen molar-refractivity contribution in [3.63, 3.8) is 0 Å². The predicted octanol–water partition coefficient (Wildman–Crippen LogP) is 0.700. The third kappa shape index (κ3) is 4.24. The molecule has 0 aromatic rings. The molecule has 0 radical (unpaired) electrons. The van der Waals surface area contributed by atoms with E-state index in [1.165, 1.54) is 0 Å². The Bertz CT molecular complexity index is 202. The van der Waals surface area contributed by atoms with Crippen molar-refractivity contribution in [3.05, 3.63) is 0 Å². The molecular formula is C10H19N3O. The number of amides is 1. The van der Waals surface area contributed by atoms with Crippen LogP contribution >= 0.6 is 0 Å². The van der Waals surface area contributed by atoms with E-state index in [1.807, 2.05) is 27.0 Å². The molecule has 0 bridgehead atoms. The summed E-state index contributed by atoms with van der Waals surface area (Å²) < 4.78 is 0. The van der Waals surface area contributed by atoms with Gasteiger partial charge in [0.15, 0.2) is 0 Å². The van der Waals surface area contributed by atoms with Gasteiger partial charge in [0.25, 0.3) is 0 Å². The lowest BCUT2D eigenvalue weighted by atomic mass is 10.3. The van der Waals surface area contributed by atoms with Crippen molar-refractivity contribution in [3.8, 4) is 6.07 Å². The molecule has 0 aromatic carbocycles. The molecule has 0 aliphatic carbocycles. The smallest absolute Gasteiger partial charge is 0.236 e. The van der Waals surface area contributed by atoms with E-state index in [9.17, 15) is 4.79 Å². The van der Waals surface area contributed by atoms with Crippen LogP contribution in [0.1, 0.15) is 20.3 Å². The van der Waals surface area contributed by atoms with Crippen LogP contribution < -0.4 is 0 Å². The van der Waals surface area contributed by atoms with Gasteiger partial charge >= 0.3 is 0 Å². The second-order valence-corrected chi connectivity index (χ2v) is 3.02. The third-order valence-corrected chi connectivity index (χ3v) is 2.09. The number of hydrogen-bond acceptors (Lipinski definition) is 3. The van der Waals surface area contributed by atoms with Crippen molar-refractivity contribution >= 4 is 5.91 Å². The van der Waals surface area contributed by atoms with E-state index >= 15 is 0 Å². The number of carbonyl (C=O) groups is 1. The summed E-state index contributed by atoms with van der Waals surface area (Å²) in [7, 11) is 2.03. The maximum atomic E-state index is 11.2. The molecule has 1 saturated heterocycles. The van der Waals surface area contributed by atoms with Crippen molar-refractivity contribution < 1.29 is 4.79 Å². The summed E-state index contributed by atoms with van der Waals surface area (Å²) in [4.78, 5) is 15.1. The summed E-state index contributed by atoms with van der Waals surface area (Å²) in [6, 6.07) is 1.87. The number of likely N-dealkylation sites (N-methyl/N-ethyl adjacent to an activating group) is 1. The van der Waals surface area contributed by atoms with Crippen LogP contribution in [-0.2, 0) is 4.79 Å². The average molecular weight is 197 g/mol. The molecule has 1 fully saturated rings. The zero-order valence-electron chi connectivity index (χ0n) is 9.29. The molecule has 0 N–H and O–H groups in total. The second-order valence-electron chi connectivity index (χ2n) is 3.02. The van der Waals surface area contributed by atoms with E-state index < -0.39 is 0 Å². The van der Waals surface area contributed by atoms with Gasteiger partial charge < -0.3 is 9.80 Å². The molecule has 0 unspecified atom stereocenters. The topological polar surface area (TPSA) is 47.3 Å². The lowest BCUT2D eigenvalue weighted by Gasteiger charge is -2.31. The fourth-order valence-corrected chi connectivity index (χ4v) is 1.24. The Morgan fingerprint density at radius 2 is 1.79 bits per heavy atom. The van der Waals surface area contributed by atoms with Crippen LogP contribution in [0.15, 0.2) is 0 Å². The number of piperazine rings is 1. The van der Waals surface area contributed by atoms with E-state index in [2.05, 4.69) is 4.90 Å². The molecule has 14 heavy (non-hydrogen) atoms. The number of nitrogens with zero attached hydrogens (tertiary/aromatic N) is 3. The number of carbonyl (C=O) groups excluding carboxylic acids is 1. The van der Waals surface area contributed by atoms with Crippen molar-refractivity contribution in [2.24, 2.45) is 0 Å². The van der Waals surface area contributed by atoms with Crippen LogP contribution in [0.3, 0.4) is 0 Å². The summed E-state index contributed by atoms with van der Waals surface area (Å²) in [5.41, 5.74) is 0. The monoisotopic (exact) mass is 197 g/mol. The van der Waals surface area contributed by atoms with E-state index in [1.54, 1.807) is 4.90 Å². The summed E-state index contributed by atoms with van der Waals surface area (Å²) in [6.07, 6.45) is 0.0176. The van der Waals surface area contributed by atoms with Gasteiger partial charge in [-0.3, -0.25) is 4.79 Å². The highest BCUT2D eigenvalue weighted by Crippen LogP contribution is 2.00. The third-order valence-electron chi connectivity index (χ3n) is 2.09. The minimum atomic E-state index is -0.0365. The van der Waals surface area contributed by atoms with Gasteiger partial charge in [0.1, 0.15) is 6.42 Å². The van der Waals surface area contributed by atoms with Gasteiger partial charge in [-0.2, -0.15) is 5.26 Å². The van der Waals surface area contributed by atoms with Gasteiger partial charge in [-0.15, -0.1) is 0 Å². The Morgan fingerprint density at radius 3 is 2.21 bits per heavy atom. The van der Waals surface area contributed by atoms with Crippen LogP contribution in [0.5, 0.6) is 0 Å². The van der Waals surface area contributed by atoms with Gasteiger partial charge in [0.2, 0.25) is 5.91 Å². The van der Waals surface area contributed by atoms with E-state index in [0.29, 0.717) is 0 Å². The standard InChI is InChI=1S/C8H13N3O.C2H6/c1-10-4-6-11(7-5-10)8(12)2-3-9;1-2/h2,4-7H2,1H3;1-2H3. The summed E-state index contributed by atoms with van der Waals surface area (Å²) >= 11 is 0. The van der Waals surface area contributed by atoms with Gasteiger partial charge in [0.05, 0.1) is 6.07 Å². The highest BCUT2D eigenvalue weighted by Gasteiger charge is 2.17. The summed E-state index contributed by atoms with van der Waals surface area (Å²) in [6.45, 7) is 7.35. The van der Waals surface area contributed by atoms with E-state index in [0.717, 1.165) is 26.2 Å². The highest BCUT2D eigenvalue weighted by molar-refractivity contribution is 5.78. The Kier molecular flexibility index (Phi) is 6.77. The van der Waals surface area contributed by atoms with Crippen molar-refractivity contribution in [2.45, 2.75) is 20.3 Å². The van der Waals surface area contributed by atoms with E-state index in [4.69, 9.17) is 5.26 Å². The zero-order valence-corrected chi connectivity index (χ0v) is 9.29. The molecule has 80 valence electrons. The molecule has 1 aliphatic heterocycles. The van der Waals surface area contributed by atoms with Crippen LogP contribution in [0, 0.1) is 11.3 Å². The number of rotatable bonds is 1. The van der Waals surface area contributed by atoms with Gasteiger partial charge in [-0.1, -0.05) is 13.8 Å². The van der Waals surface area contributed by atoms with Crippen LogP contribution in [0.4, 0.5) is 0 Å². The molecule has 0 spiro atoms. The second kappa shape index (κ2) is 7.34. The number of hydrogen-bond donors (Lipinski definition) is 0. The molecule has 4 heteroatoms. The predicted molar refractivity (Wildman–Crippen MR) is 55.7 cm³/mol. The van der Waals surface area contributed by atoms with Crippen molar-refractivity contribution in [1.82, 2.24) is 9.80 Å². The fourth-order valence-electron chi connectivity index (χ4n) is 1.24. The van der Waals surface area contributed by atoms with Gasteiger partial charge in [-0.05, 0) is 7.05 Å². The maximum Gasteiger partial charge on any atom is 0.236 e. The maximum absolute atomic E-state index is 11.2. The Labute approximate surface area is 86.1 Å². The summed E-state index contributed by atoms with van der Waals surface area (Å²) in [5, 5.41) is 8.31. The van der Waals surface area contributed by atoms with Crippen LogP contribution in [0.25, 0.3) is 0 Å². The van der Waals surface area contributed by atoms with E-state index in [-0.39, 0.29) is 12.3 Å². The SMILES string of the molecule is CC.CN1CCN(C(=O)CC#N)CC1. The van der Waals surface area contributed by atoms with Crippen LogP contribution in [-0.4, -0.2) is 48.9 Å². The number of nitriles is 1. The lowest BCUT2D eigenvalue weighted by molar-refractivity contribution is -0.131. The minimum Gasteiger partial charge on any atom is -0.339 e. The summed E-state index contributed by atoms with van der Waals surface area (Å²) in [5.74, 6) is -0.0365. The Balaban J connectivity index is 0.000000791. The molecule has 1 aliphatic rings. The highest BCUT2D eigenvalue weighted by atomic mass is 16.2. The Morgan fingerprint density at radius 1 is 1.29 bits per heavy atom. The average Bonchev–Trinajstić information content (AvgIpc) is 2.22. The Hall–Kier alpha value is -1.08. The van der Waals surface area contributed by atoms with Crippen molar-refractivity contribution in [1.29, 1.82) is 5.26 Å². The minimum absolute atomic E-state index is 0.0176. The van der Waals surface area contributed by atoms with Gasteiger partial charge in [0, 0.05) is 26.2 Å². The first-order chi connectivity index (χ1) is 6.74. The van der Waals surface area contributed by atoms with Crippen LogP contribution in [0.2, 0.25) is 0 Å². The van der Waals surface area contributed by atoms with Gasteiger partial charge in [-0.25, -0.2) is 0 Å². The lowest BCUT2D eigenvalue weighted by Crippen LogP contribution is -2.46. The molecule has 0 aromatic heterocycles. The molecule has 1 rings (SSSR count). The largest absolute Gasteiger partial charge is 0.339 e. The molecule has 1 amide bonds. The molecule has 1 heterocycles. The van der Waals surface area contributed by atoms with Crippen molar-refractivity contribution in [2.75, 3.05) is 33.2 Å². The molecular weight excluding hydrogens is 178 g/mol. The zero-order chi connectivity index (χ0) is 11.0. The fraction of sp³-hybridized carbons (Fsp3) is 0.800. The molecule has 4 nitrogen and oxygen atoms in total. The first-order valence-corrected chi connectivity index (χ1v) is 5.07. The normalized spacial score (nSPS) is 16.6. The first-order valence-electron chi connectivity index (χ1n) is 5.07. The molecule has 0 saturated carbocycles. The quantitative estimate of drug-likeness (QED) is 0.621.